The first kappa shape index (κ1) is 14.6. The SMILES string of the molecule is O=Cc1ccc(CNc2ccc(N3CCOCC3)cc2)cc1. The van der Waals surface area contributed by atoms with Gasteiger partial charge in [-0.25, -0.2) is 0 Å². The smallest absolute Gasteiger partial charge is 0.150 e. The first-order chi connectivity index (χ1) is 10.8. The second kappa shape index (κ2) is 7.09. The van der Waals surface area contributed by atoms with E-state index in [1.54, 1.807) is 0 Å². The maximum absolute atomic E-state index is 10.6. The summed E-state index contributed by atoms with van der Waals surface area (Å²) in [6.45, 7) is 4.26. The minimum Gasteiger partial charge on any atom is -0.381 e. The zero-order valence-electron chi connectivity index (χ0n) is 12.5. The number of anilines is 2. The van der Waals surface area contributed by atoms with Gasteiger partial charge in [-0.2, -0.15) is 0 Å². The zero-order valence-corrected chi connectivity index (χ0v) is 12.5. The maximum Gasteiger partial charge on any atom is 0.150 e. The molecule has 3 rings (SSSR count). The quantitative estimate of drug-likeness (QED) is 0.861. The number of nitrogens with zero attached hydrogens (tertiary/aromatic N) is 1. The van der Waals surface area contributed by atoms with Gasteiger partial charge in [-0.15, -0.1) is 0 Å². The van der Waals surface area contributed by atoms with Gasteiger partial charge in [0, 0.05) is 36.6 Å². The number of aldehydes is 1. The number of nitrogens with one attached hydrogen (secondary N) is 1. The largest absolute Gasteiger partial charge is 0.381 e. The number of morpholine rings is 1. The average Bonchev–Trinajstić information content (AvgIpc) is 2.61. The van der Waals surface area contributed by atoms with Crippen molar-refractivity contribution in [3.8, 4) is 0 Å². The Morgan fingerprint density at radius 3 is 2.32 bits per heavy atom. The lowest BCUT2D eigenvalue weighted by molar-refractivity contribution is 0.112. The van der Waals surface area contributed by atoms with Crippen molar-refractivity contribution in [3.05, 3.63) is 59.7 Å². The van der Waals surface area contributed by atoms with E-state index in [0.717, 1.165) is 50.4 Å². The fraction of sp³-hybridized carbons (Fsp3) is 0.278. The minimum atomic E-state index is 0.707. The van der Waals surface area contributed by atoms with E-state index in [4.69, 9.17) is 4.74 Å². The highest BCUT2D eigenvalue weighted by atomic mass is 16.5. The standard InChI is InChI=1S/C18H20N2O2/c21-14-16-3-1-15(2-4-16)13-19-17-5-7-18(8-6-17)20-9-11-22-12-10-20/h1-8,14,19H,9-13H2. The molecule has 4 nitrogen and oxygen atoms in total. The molecule has 0 saturated carbocycles. The number of benzene rings is 2. The predicted octanol–water partition coefficient (Wildman–Crippen LogP) is 2.95. The third-order valence-corrected chi connectivity index (χ3v) is 3.86. The predicted molar refractivity (Wildman–Crippen MR) is 88.6 cm³/mol. The van der Waals surface area contributed by atoms with Gasteiger partial charge in [0.1, 0.15) is 6.29 Å². The number of carbonyl (C=O) groups excluding carboxylic acids is 1. The van der Waals surface area contributed by atoms with Gasteiger partial charge in [-0.1, -0.05) is 24.3 Å². The molecule has 1 aliphatic heterocycles. The molecule has 114 valence electrons. The Hall–Kier alpha value is -2.33. The Kier molecular flexibility index (Phi) is 4.71. The number of ether oxygens (including phenoxy) is 1. The maximum atomic E-state index is 10.6. The highest BCUT2D eigenvalue weighted by Gasteiger charge is 2.10. The molecule has 1 saturated heterocycles. The third-order valence-electron chi connectivity index (χ3n) is 3.86. The molecular formula is C18H20N2O2. The Morgan fingerprint density at radius 2 is 1.68 bits per heavy atom. The summed E-state index contributed by atoms with van der Waals surface area (Å²) in [6, 6.07) is 16.1. The molecule has 0 unspecified atom stereocenters. The van der Waals surface area contributed by atoms with Gasteiger partial charge in [0.05, 0.1) is 13.2 Å². The molecule has 2 aromatic carbocycles. The second-order valence-electron chi connectivity index (χ2n) is 5.36. The van der Waals surface area contributed by atoms with E-state index >= 15 is 0 Å². The Bertz CT molecular complexity index is 602. The van der Waals surface area contributed by atoms with E-state index in [2.05, 4.69) is 34.5 Å². The van der Waals surface area contributed by atoms with Gasteiger partial charge in [0.2, 0.25) is 0 Å². The van der Waals surface area contributed by atoms with E-state index in [1.165, 1.54) is 5.69 Å². The summed E-state index contributed by atoms with van der Waals surface area (Å²) in [5, 5.41) is 3.40. The van der Waals surface area contributed by atoms with Crippen LogP contribution in [-0.4, -0.2) is 32.6 Å². The molecule has 0 amide bonds. The van der Waals surface area contributed by atoms with Gasteiger partial charge in [0.15, 0.2) is 0 Å². The van der Waals surface area contributed by atoms with E-state index in [9.17, 15) is 4.79 Å². The van der Waals surface area contributed by atoms with Gasteiger partial charge < -0.3 is 15.0 Å². The van der Waals surface area contributed by atoms with Crippen molar-refractivity contribution < 1.29 is 9.53 Å². The van der Waals surface area contributed by atoms with Crippen LogP contribution in [0, 0.1) is 0 Å². The molecule has 2 aromatic rings. The molecule has 22 heavy (non-hydrogen) atoms. The summed E-state index contributed by atoms with van der Waals surface area (Å²) in [4.78, 5) is 13.0. The van der Waals surface area contributed by atoms with Crippen LogP contribution < -0.4 is 10.2 Å². The lowest BCUT2D eigenvalue weighted by Gasteiger charge is -2.28. The molecule has 0 aromatic heterocycles. The zero-order chi connectivity index (χ0) is 15.2. The summed E-state index contributed by atoms with van der Waals surface area (Å²) in [7, 11) is 0. The number of carbonyl (C=O) groups is 1. The Labute approximate surface area is 130 Å². The summed E-state index contributed by atoms with van der Waals surface area (Å²) >= 11 is 0. The molecule has 4 heteroatoms. The fourth-order valence-electron chi connectivity index (χ4n) is 2.53. The molecule has 0 spiro atoms. The molecular weight excluding hydrogens is 276 g/mol. The van der Waals surface area contributed by atoms with E-state index in [0.29, 0.717) is 5.56 Å². The monoisotopic (exact) mass is 296 g/mol. The molecule has 1 N–H and O–H groups in total. The summed E-state index contributed by atoms with van der Waals surface area (Å²) in [5.74, 6) is 0. The first-order valence-electron chi connectivity index (χ1n) is 7.56. The lowest BCUT2D eigenvalue weighted by atomic mass is 10.1. The van der Waals surface area contributed by atoms with Crippen LogP contribution in [0.15, 0.2) is 48.5 Å². The van der Waals surface area contributed by atoms with Crippen LogP contribution in [0.4, 0.5) is 11.4 Å². The van der Waals surface area contributed by atoms with E-state index in [1.807, 2.05) is 24.3 Å². The number of hydrogen-bond acceptors (Lipinski definition) is 4. The van der Waals surface area contributed by atoms with Crippen LogP contribution in [0.3, 0.4) is 0 Å². The number of hydrogen-bond donors (Lipinski definition) is 1. The fourth-order valence-corrected chi connectivity index (χ4v) is 2.53. The Balaban J connectivity index is 1.57. The van der Waals surface area contributed by atoms with Crippen LogP contribution in [0.25, 0.3) is 0 Å². The second-order valence-corrected chi connectivity index (χ2v) is 5.36. The van der Waals surface area contributed by atoms with Gasteiger partial charge in [0.25, 0.3) is 0 Å². The first-order valence-corrected chi connectivity index (χ1v) is 7.56. The van der Waals surface area contributed by atoms with Crippen LogP contribution >= 0.6 is 0 Å². The van der Waals surface area contributed by atoms with Crippen LogP contribution in [0.5, 0.6) is 0 Å². The van der Waals surface area contributed by atoms with Crippen LogP contribution in [-0.2, 0) is 11.3 Å². The van der Waals surface area contributed by atoms with Gasteiger partial charge in [-0.05, 0) is 29.8 Å². The lowest BCUT2D eigenvalue weighted by Crippen LogP contribution is -2.36. The normalized spacial score (nSPS) is 14.6. The molecule has 1 aliphatic rings. The third kappa shape index (κ3) is 3.65. The van der Waals surface area contributed by atoms with Crippen molar-refractivity contribution >= 4 is 17.7 Å². The van der Waals surface area contributed by atoms with Crippen molar-refractivity contribution in [2.45, 2.75) is 6.54 Å². The topological polar surface area (TPSA) is 41.6 Å². The van der Waals surface area contributed by atoms with Crippen LogP contribution in [0.1, 0.15) is 15.9 Å². The molecule has 0 bridgehead atoms. The summed E-state index contributed by atoms with van der Waals surface area (Å²) in [5.41, 5.74) is 4.20. The molecule has 1 fully saturated rings. The summed E-state index contributed by atoms with van der Waals surface area (Å²) in [6.07, 6.45) is 0.863. The molecule has 0 atom stereocenters. The van der Waals surface area contributed by atoms with Crippen molar-refractivity contribution in [1.29, 1.82) is 0 Å². The van der Waals surface area contributed by atoms with Crippen molar-refractivity contribution in [2.75, 3.05) is 36.5 Å². The molecule has 1 heterocycles. The average molecular weight is 296 g/mol. The van der Waals surface area contributed by atoms with Crippen molar-refractivity contribution in [2.24, 2.45) is 0 Å². The van der Waals surface area contributed by atoms with Gasteiger partial charge in [-0.3, -0.25) is 4.79 Å². The Morgan fingerprint density at radius 1 is 1.00 bits per heavy atom. The van der Waals surface area contributed by atoms with Crippen molar-refractivity contribution in [3.63, 3.8) is 0 Å². The summed E-state index contributed by atoms with van der Waals surface area (Å²) < 4.78 is 5.37. The highest BCUT2D eigenvalue weighted by molar-refractivity contribution is 5.74. The van der Waals surface area contributed by atoms with Gasteiger partial charge >= 0.3 is 0 Å². The number of rotatable bonds is 5. The highest BCUT2D eigenvalue weighted by Crippen LogP contribution is 2.19. The molecule has 0 radical (unpaired) electrons. The van der Waals surface area contributed by atoms with Crippen LogP contribution in [0.2, 0.25) is 0 Å². The van der Waals surface area contributed by atoms with E-state index < -0.39 is 0 Å². The van der Waals surface area contributed by atoms with Crippen molar-refractivity contribution in [1.82, 2.24) is 0 Å². The molecule has 0 aliphatic carbocycles. The van der Waals surface area contributed by atoms with E-state index in [-0.39, 0.29) is 0 Å². The minimum absolute atomic E-state index is 0.707.